The maximum Gasteiger partial charge on any atom is 0.410 e. The van der Waals surface area contributed by atoms with Gasteiger partial charge in [-0.3, -0.25) is 15.3 Å². The summed E-state index contributed by atoms with van der Waals surface area (Å²) < 4.78 is 19.7. The topological polar surface area (TPSA) is 155 Å². The first-order valence-corrected chi connectivity index (χ1v) is 9.31. The van der Waals surface area contributed by atoms with Crippen LogP contribution in [0, 0.1) is 0 Å². The van der Waals surface area contributed by atoms with Gasteiger partial charge in [-0.25, -0.2) is 19.2 Å². The molecule has 0 aromatic carbocycles. The molecule has 12 heteroatoms. The second-order valence-electron chi connectivity index (χ2n) is 5.98. The van der Waals surface area contributed by atoms with Crippen LogP contribution in [0.5, 0.6) is 0 Å². The van der Waals surface area contributed by atoms with Crippen molar-refractivity contribution in [2.45, 2.75) is 18.7 Å². The molecule has 2 atom stereocenters. The smallest absolute Gasteiger partial charge is 0.410 e. The number of hydrogen-bond donors (Lipinski definition) is 2. The third-order valence-electron chi connectivity index (χ3n) is 3.97. The van der Waals surface area contributed by atoms with Crippen molar-refractivity contribution in [3.8, 4) is 0 Å². The summed E-state index contributed by atoms with van der Waals surface area (Å²) in [5.74, 6) is -2.31. The maximum atomic E-state index is 13.2. The van der Waals surface area contributed by atoms with Gasteiger partial charge in [0.2, 0.25) is 0 Å². The number of pyridine rings is 2. The Kier molecular flexibility index (Phi) is 8.45. The van der Waals surface area contributed by atoms with E-state index in [0.29, 0.717) is 0 Å². The fraction of sp³-hybridized carbons (Fsp3) is 0.300. The van der Waals surface area contributed by atoms with Gasteiger partial charge in [-0.1, -0.05) is 12.1 Å². The fourth-order valence-electron chi connectivity index (χ4n) is 2.52. The monoisotopic (exact) mass is 446 g/mol. The van der Waals surface area contributed by atoms with Crippen LogP contribution in [0.3, 0.4) is 0 Å². The van der Waals surface area contributed by atoms with Gasteiger partial charge in [0.25, 0.3) is 0 Å². The molecule has 0 fully saturated rings. The molecule has 2 amide bonds. The van der Waals surface area contributed by atoms with Crippen molar-refractivity contribution in [3.05, 3.63) is 60.2 Å². The lowest BCUT2D eigenvalue weighted by molar-refractivity contribution is -0.190. The van der Waals surface area contributed by atoms with Gasteiger partial charge < -0.3 is 24.3 Å². The number of amides is 2. The number of ether oxygens (including phenoxy) is 4. The van der Waals surface area contributed by atoms with Crippen LogP contribution < -0.4 is 10.6 Å². The zero-order valence-corrected chi connectivity index (χ0v) is 17.6. The molecule has 32 heavy (non-hydrogen) atoms. The molecule has 2 heterocycles. The highest BCUT2D eigenvalue weighted by Crippen LogP contribution is 2.27. The van der Waals surface area contributed by atoms with Gasteiger partial charge >= 0.3 is 29.9 Å². The first kappa shape index (κ1) is 24.1. The van der Waals surface area contributed by atoms with Crippen molar-refractivity contribution < 1.29 is 38.1 Å². The zero-order valence-electron chi connectivity index (χ0n) is 17.6. The van der Waals surface area contributed by atoms with Crippen molar-refractivity contribution in [2.24, 2.45) is 0 Å². The SMILES string of the molecule is CCOC(=O)C(NC(=O)OC)(OC(=O)C(NC(=O)OC)c1ccccn1)c1ccccn1. The van der Waals surface area contributed by atoms with Gasteiger partial charge in [-0.05, 0) is 31.2 Å². The van der Waals surface area contributed by atoms with E-state index in [4.69, 9.17) is 9.47 Å². The van der Waals surface area contributed by atoms with Crippen LogP contribution in [0.1, 0.15) is 24.4 Å². The van der Waals surface area contributed by atoms with Gasteiger partial charge in [-0.15, -0.1) is 0 Å². The fourth-order valence-corrected chi connectivity index (χ4v) is 2.52. The molecule has 2 aromatic rings. The Hall–Kier alpha value is -4.22. The number of carbonyl (C=O) groups excluding carboxylic acids is 4. The van der Waals surface area contributed by atoms with Gasteiger partial charge in [0.15, 0.2) is 6.04 Å². The minimum absolute atomic E-state index is 0.0831. The van der Waals surface area contributed by atoms with E-state index in [0.717, 1.165) is 14.2 Å². The van der Waals surface area contributed by atoms with Crippen LogP contribution in [0.2, 0.25) is 0 Å². The summed E-state index contributed by atoms with van der Waals surface area (Å²) in [5.41, 5.74) is -2.61. The molecular weight excluding hydrogens is 424 g/mol. The minimum Gasteiger partial charge on any atom is -0.461 e. The summed E-state index contributed by atoms with van der Waals surface area (Å²) in [4.78, 5) is 58.1. The number of nitrogens with one attached hydrogen (secondary N) is 2. The molecule has 2 rings (SSSR count). The number of aromatic nitrogens is 2. The summed E-state index contributed by atoms with van der Waals surface area (Å²) >= 11 is 0. The van der Waals surface area contributed by atoms with Crippen molar-refractivity contribution in [2.75, 3.05) is 20.8 Å². The van der Waals surface area contributed by atoms with Crippen LogP contribution in [-0.2, 0) is 34.3 Å². The Morgan fingerprint density at radius 2 is 1.62 bits per heavy atom. The van der Waals surface area contributed by atoms with Gasteiger partial charge in [0.1, 0.15) is 5.69 Å². The molecule has 0 saturated carbocycles. The molecule has 0 aliphatic rings. The predicted molar refractivity (Wildman–Crippen MR) is 107 cm³/mol. The quantitative estimate of drug-likeness (QED) is 0.343. The van der Waals surface area contributed by atoms with Crippen LogP contribution in [0.15, 0.2) is 48.8 Å². The van der Waals surface area contributed by atoms with E-state index in [-0.39, 0.29) is 18.0 Å². The molecule has 0 aliphatic carbocycles. The Morgan fingerprint density at radius 3 is 2.16 bits per heavy atom. The predicted octanol–water partition coefficient (Wildman–Crippen LogP) is 1.19. The van der Waals surface area contributed by atoms with Crippen molar-refractivity contribution >= 4 is 24.1 Å². The van der Waals surface area contributed by atoms with Gasteiger partial charge in [-0.2, -0.15) is 0 Å². The zero-order chi connectivity index (χ0) is 23.6. The molecule has 0 bridgehead atoms. The Morgan fingerprint density at radius 1 is 0.969 bits per heavy atom. The van der Waals surface area contributed by atoms with E-state index in [1.165, 1.54) is 37.5 Å². The van der Waals surface area contributed by atoms with E-state index in [9.17, 15) is 19.2 Å². The Balaban J connectivity index is 2.56. The number of hydrogen-bond acceptors (Lipinski definition) is 10. The third kappa shape index (κ3) is 5.68. The largest absolute Gasteiger partial charge is 0.461 e. The van der Waals surface area contributed by atoms with Crippen molar-refractivity contribution in [1.82, 2.24) is 20.6 Å². The van der Waals surface area contributed by atoms with E-state index in [1.54, 1.807) is 18.2 Å². The summed E-state index contributed by atoms with van der Waals surface area (Å²) in [5, 5.41) is 4.46. The Labute approximate surface area is 183 Å². The lowest BCUT2D eigenvalue weighted by Gasteiger charge is -2.31. The molecular formula is C20H22N4O8. The molecule has 2 unspecified atom stereocenters. The highest BCUT2D eigenvalue weighted by atomic mass is 16.6. The first-order valence-electron chi connectivity index (χ1n) is 9.31. The van der Waals surface area contributed by atoms with E-state index < -0.39 is 35.9 Å². The Bertz CT molecular complexity index is 941. The van der Waals surface area contributed by atoms with E-state index in [2.05, 4.69) is 30.1 Å². The van der Waals surface area contributed by atoms with Gasteiger partial charge in [0, 0.05) is 12.4 Å². The summed E-state index contributed by atoms with van der Waals surface area (Å²) in [6.45, 7) is 1.43. The van der Waals surface area contributed by atoms with Crippen molar-refractivity contribution in [1.29, 1.82) is 0 Å². The average Bonchev–Trinajstić information content (AvgIpc) is 2.82. The maximum absolute atomic E-state index is 13.2. The number of nitrogens with zero attached hydrogens (tertiary/aromatic N) is 2. The third-order valence-corrected chi connectivity index (χ3v) is 3.97. The molecule has 2 aromatic heterocycles. The second kappa shape index (κ2) is 11.2. The van der Waals surface area contributed by atoms with Crippen LogP contribution in [0.25, 0.3) is 0 Å². The molecule has 0 saturated heterocycles. The standard InChI is InChI=1S/C20H22N4O8/c1-4-31-17(26)20(24-19(28)30-3,14-10-6-8-12-22-14)32-16(25)15(23-18(27)29-2)13-9-5-7-11-21-13/h5-12,15H,4H2,1-3H3,(H,23,27)(H,24,28). The molecule has 12 nitrogen and oxygen atoms in total. The highest BCUT2D eigenvalue weighted by Gasteiger charge is 2.51. The summed E-state index contributed by atoms with van der Waals surface area (Å²) in [6, 6.07) is 7.51. The molecule has 170 valence electrons. The molecule has 0 aliphatic heterocycles. The number of esters is 2. The van der Waals surface area contributed by atoms with Crippen LogP contribution in [-0.4, -0.2) is 54.9 Å². The normalized spacial score (nSPS) is 13.0. The number of carbonyl (C=O) groups is 4. The van der Waals surface area contributed by atoms with E-state index >= 15 is 0 Å². The molecule has 0 radical (unpaired) electrons. The van der Waals surface area contributed by atoms with Gasteiger partial charge in [0.05, 0.1) is 26.5 Å². The first-order chi connectivity index (χ1) is 15.4. The molecule has 2 N–H and O–H groups in total. The lowest BCUT2D eigenvalue weighted by atomic mass is 10.1. The molecule has 0 spiro atoms. The average molecular weight is 446 g/mol. The van der Waals surface area contributed by atoms with E-state index in [1.807, 2.05) is 0 Å². The highest BCUT2D eigenvalue weighted by molar-refractivity contribution is 5.90. The number of methoxy groups -OCH3 is 2. The number of rotatable bonds is 8. The minimum atomic E-state index is -2.52. The van der Waals surface area contributed by atoms with Crippen LogP contribution >= 0.6 is 0 Å². The lowest BCUT2D eigenvalue weighted by Crippen LogP contribution is -2.57. The second-order valence-corrected chi connectivity index (χ2v) is 5.98. The number of alkyl carbamates (subject to hydrolysis) is 2. The van der Waals surface area contributed by atoms with Crippen LogP contribution in [0.4, 0.5) is 9.59 Å². The summed E-state index contributed by atoms with van der Waals surface area (Å²) in [7, 11) is 2.16. The summed E-state index contributed by atoms with van der Waals surface area (Å²) in [6.07, 6.45) is 0.641. The van der Waals surface area contributed by atoms with Crippen molar-refractivity contribution in [3.63, 3.8) is 0 Å².